The van der Waals surface area contributed by atoms with Crippen LogP contribution in [-0.4, -0.2) is 0 Å². The summed E-state index contributed by atoms with van der Waals surface area (Å²) < 4.78 is 5.62. The summed E-state index contributed by atoms with van der Waals surface area (Å²) in [5.74, 6) is 1.60. The molecule has 0 atom stereocenters. The SMILES string of the molecule is C=C(Cc1ccccc1)Oc1ccccc1. The quantitative estimate of drug-likeness (QED) is 0.697. The highest BCUT2D eigenvalue weighted by atomic mass is 16.5. The van der Waals surface area contributed by atoms with Crippen LogP contribution in [0, 0.1) is 0 Å². The lowest BCUT2D eigenvalue weighted by Gasteiger charge is -2.08. The lowest BCUT2D eigenvalue weighted by molar-refractivity contribution is 0.416. The van der Waals surface area contributed by atoms with Gasteiger partial charge in [-0.15, -0.1) is 0 Å². The second-order valence-electron chi connectivity index (χ2n) is 3.62. The van der Waals surface area contributed by atoms with Gasteiger partial charge in [-0.1, -0.05) is 55.1 Å². The minimum Gasteiger partial charge on any atom is -0.462 e. The lowest BCUT2D eigenvalue weighted by Crippen LogP contribution is -1.97. The largest absolute Gasteiger partial charge is 0.462 e. The highest BCUT2D eigenvalue weighted by Gasteiger charge is 1.99. The van der Waals surface area contributed by atoms with Crippen molar-refractivity contribution in [3.63, 3.8) is 0 Å². The molecule has 0 unspecified atom stereocenters. The Morgan fingerprint density at radius 1 is 0.875 bits per heavy atom. The highest BCUT2D eigenvalue weighted by Crippen LogP contribution is 2.14. The molecule has 0 amide bonds. The van der Waals surface area contributed by atoms with Gasteiger partial charge in [0.25, 0.3) is 0 Å². The Labute approximate surface area is 96.0 Å². The summed E-state index contributed by atoms with van der Waals surface area (Å²) >= 11 is 0. The van der Waals surface area contributed by atoms with Crippen molar-refractivity contribution in [2.45, 2.75) is 6.42 Å². The lowest BCUT2D eigenvalue weighted by atomic mass is 10.1. The topological polar surface area (TPSA) is 9.23 Å². The van der Waals surface area contributed by atoms with Crippen LogP contribution in [0.2, 0.25) is 0 Å². The zero-order valence-corrected chi connectivity index (χ0v) is 9.10. The van der Waals surface area contributed by atoms with E-state index in [2.05, 4.69) is 18.7 Å². The number of hydrogen-bond acceptors (Lipinski definition) is 1. The van der Waals surface area contributed by atoms with E-state index in [1.807, 2.05) is 48.5 Å². The molecular weight excluding hydrogens is 196 g/mol. The molecule has 0 radical (unpaired) electrons. The van der Waals surface area contributed by atoms with Crippen LogP contribution in [0.5, 0.6) is 5.75 Å². The number of hydrogen-bond donors (Lipinski definition) is 0. The molecule has 0 aliphatic carbocycles. The number of allylic oxidation sites excluding steroid dienone is 1. The summed E-state index contributed by atoms with van der Waals surface area (Å²) in [5, 5.41) is 0. The van der Waals surface area contributed by atoms with Gasteiger partial charge in [0, 0.05) is 6.42 Å². The predicted octanol–water partition coefficient (Wildman–Crippen LogP) is 3.82. The van der Waals surface area contributed by atoms with Gasteiger partial charge < -0.3 is 4.74 Å². The van der Waals surface area contributed by atoms with Crippen molar-refractivity contribution >= 4 is 0 Å². The molecule has 0 saturated heterocycles. The Hall–Kier alpha value is -2.02. The van der Waals surface area contributed by atoms with Gasteiger partial charge in [-0.25, -0.2) is 0 Å². The van der Waals surface area contributed by atoms with E-state index in [-0.39, 0.29) is 0 Å². The Morgan fingerprint density at radius 2 is 1.44 bits per heavy atom. The van der Waals surface area contributed by atoms with Crippen LogP contribution in [-0.2, 0) is 6.42 Å². The maximum absolute atomic E-state index is 5.62. The van der Waals surface area contributed by atoms with E-state index >= 15 is 0 Å². The average molecular weight is 210 g/mol. The number of para-hydroxylation sites is 1. The van der Waals surface area contributed by atoms with Crippen molar-refractivity contribution in [2.75, 3.05) is 0 Å². The number of benzene rings is 2. The summed E-state index contributed by atoms with van der Waals surface area (Å²) in [6, 6.07) is 19.9. The normalized spacial score (nSPS) is 9.75. The van der Waals surface area contributed by atoms with Gasteiger partial charge in [0.05, 0.1) is 0 Å². The van der Waals surface area contributed by atoms with E-state index in [1.54, 1.807) is 0 Å². The molecule has 2 rings (SSSR count). The Bertz CT molecular complexity index is 402. The fraction of sp³-hybridized carbons (Fsp3) is 0.0667. The van der Waals surface area contributed by atoms with Crippen molar-refractivity contribution in [1.29, 1.82) is 0 Å². The summed E-state index contributed by atoms with van der Waals surface area (Å²) in [6.07, 6.45) is 0.746. The van der Waals surface area contributed by atoms with E-state index in [1.165, 1.54) is 5.56 Å². The van der Waals surface area contributed by atoms with Gasteiger partial charge in [-0.05, 0) is 17.7 Å². The Balaban J connectivity index is 1.95. The summed E-state index contributed by atoms with van der Waals surface area (Å²) in [7, 11) is 0. The van der Waals surface area contributed by atoms with Gasteiger partial charge in [0.1, 0.15) is 11.5 Å². The Kier molecular flexibility index (Phi) is 3.39. The van der Waals surface area contributed by atoms with Crippen LogP contribution in [0.25, 0.3) is 0 Å². The van der Waals surface area contributed by atoms with Crippen molar-refractivity contribution in [1.82, 2.24) is 0 Å². The maximum atomic E-state index is 5.62. The van der Waals surface area contributed by atoms with E-state index in [0.717, 1.165) is 17.9 Å². The molecule has 0 aromatic heterocycles. The maximum Gasteiger partial charge on any atom is 0.126 e. The molecule has 2 aromatic carbocycles. The molecular formula is C15H14O. The van der Waals surface area contributed by atoms with Gasteiger partial charge in [-0.2, -0.15) is 0 Å². The molecule has 0 bridgehead atoms. The fourth-order valence-corrected chi connectivity index (χ4v) is 1.51. The molecule has 16 heavy (non-hydrogen) atoms. The predicted molar refractivity (Wildman–Crippen MR) is 66.4 cm³/mol. The molecule has 0 saturated carbocycles. The van der Waals surface area contributed by atoms with Gasteiger partial charge >= 0.3 is 0 Å². The third kappa shape index (κ3) is 2.99. The minimum atomic E-state index is 0.746. The van der Waals surface area contributed by atoms with E-state index in [9.17, 15) is 0 Å². The van der Waals surface area contributed by atoms with Gasteiger partial charge in [-0.3, -0.25) is 0 Å². The molecule has 0 fully saturated rings. The third-order valence-electron chi connectivity index (χ3n) is 2.25. The summed E-state index contributed by atoms with van der Waals surface area (Å²) in [6.45, 7) is 3.92. The van der Waals surface area contributed by atoms with Crippen LogP contribution in [0.15, 0.2) is 73.0 Å². The molecule has 1 heteroatoms. The van der Waals surface area contributed by atoms with Crippen molar-refractivity contribution < 1.29 is 4.74 Å². The van der Waals surface area contributed by atoms with Crippen molar-refractivity contribution in [3.8, 4) is 5.75 Å². The minimum absolute atomic E-state index is 0.746. The first-order valence-electron chi connectivity index (χ1n) is 5.29. The molecule has 0 aliphatic heterocycles. The number of rotatable bonds is 4. The van der Waals surface area contributed by atoms with Crippen molar-refractivity contribution in [2.24, 2.45) is 0 Å². The molecule has 80 valence electrons. The summed E-state index contributed by atoms with van der Waals surface area (Å²) in [4.78, 5) is 0. The first-order chi connectivity index (χ1) is 7.84. The fourth-order valence-electron chi connectivity index (χ4n) is 1.51. The highest BCUT2D eigenvalue weighted by molar-refractivity contribution is 5.25. The average Bonchev–Trinajstić information content (AvgIpc) is 2.31. The van der Waals surface area contributed by atoms with E-state index in [0.29, 0.717) is 0 Å². The smallest absolute Gasteiger partial charge is 0.126 e. The van der Waals surface area contributed by atoms with Crippen LogP contribution >= 0.6 is 0 Å². The van der Waals surface area contributed by atoms with Gasteiger partial charge in [0.15, 0.2) is 0 Å². The number of ether oxygens (including phenoxy) is 1. The molecule has 1 nitrogen and oxygen atoms in total. The summed E-state index contributed by atoms with van der Waals surface area (Å²) in [5.41, 5.74) is 1.21. The standard InChI is InChI=1S/C15H14O/c1-13(12-14-8-4-2-5-9-14)16-15-10-6-3-7-11-15/h2-11H,1,12H2. The molecule has 0 aliphatic rings. The third-order valence-corrected chi connectivity index (χ3v) is 2.25. The second kappa shape index (κ2) is 5.17. The first kappa shape index (κ1) is 10.5. The van der Waals surface area contributed by atoms with Crippen LogP contribution in [0.1, 0.15) is 5.56 Å². The molecule has 0 N–H and O–H groups in total. The van der Waals surface area contributed by atoms with Crippen LogP contribution < -0.4 is 4.74 Å². The molecule has 0 heterocycles. The molecule has 2 aromatic rings. The van der Waals surface area contributed by atoms with Crippen LogP contribution in [0.4, 0.5) is 0 Å². The monoisotopic (exact) mass is 210 g/mol. The van der Waals surface area contributed by atoms with Gasteiger partial charge in [0.2, 0.25) is 0 Å². The van der Waals surface area contributed by atoms with E-state index in [4.69, 9.17) is 4.74 Å². The zero-order valence-electron chi connectivity index (χ0n) is 9.10. The van der Waals surface area contributed by atoms with Crippen LogP contribution in [0.3, 0.4) is 0 Å². The Morgan fingerprint density at radius 3 is 2.06 bits per heavy atom. The first-order valence-corrected chi connectivity index (χ1v) is 5.29. The van der Waals surface area contributed by atoms with E-state index < -0.39 is 0 Å². The zero-order chi connectivity index (χ0) is 11.2. The second-order valence-corrected chi connectivity index (χ2v) is 3.62. The van der Waals surface area contributed by atoms with Crippen molar-refractivity contribution in [3.05, 3.63) is 78.6 Å². The molecule has 0 spiro atoms.